The first-order valence-corrected chi connectivity index (χ1v) is 8.63. The van der Waals surface area contributed by atoms with E-state index in [-0.39, 0.29) is 15.9 Å². The van der Waals surface area contributed by atoms with Crippen molar-refractivity contribution in [3.05, 3.63) is 29.8 Å². The van der Waals surface area contributed by atoms with Crippen molar-refractivity contribution in [2.24, 2.45) is 5.41 Å². The van der Waals surface area contributed by atoms with Crippen molar-refractivity contribution in [1.29, 1.82) is 0 Å². The van der Waals surface area contributed by atoms with Gasteiger partial charge in [-0.3, -0.25) is 0 Å². The average Bonchev–Trinajstić information content (AvgIpc) is 2.93. The number of carbonyl (C=O) groups is 1. The summed E-state index contributed by atoms with van der Waals surface area (Å²) in [5.74, 6) is -1.22. The van der Waals surface area contributed by atoms with Gasteiger partial charge in [-0.2, -0.15) is 4.31 Å². The van der Waals surface area contributed by atoms with Crippen LogP contribution in [0.2, 0.25) is 0 Å². The van der Waals surface area contributed by atoms with Crippen LogP contribution >= 0.6 is 0 Å². The van der Waals surface area contributed by atoms with Crippen LogP contribution in [0, 0.1) is 5.41 Å². The van der Waals surface area contributed by atoms with E-state index in [2.05, 4.69) is 13.8 Å². The zero-order chi connectivity index (χ0) is 15.7. The molecule has 0 aliphatic carbocycles. The summed E-state index contributed by atoms with van der Waals surface area (Å²) in [6.45, 7) is 5.07. The van der Waals surface area contributed by atoms with E-state index < -0.39 is 16.0 Å². The topological polar surface area (TPSA) is 74.7 Å². The van der Waals surface area contributed by atoms with Gasteiger partial charge in [0.05, 0.1) is 10.5 Å². The van der Waals surface area contributed by atoms with E-state index in [0.717, 1.165) is 19.3 Å². The Hall–Kier alpha value is -1.40. The Morgan fingerprint density at radius 3 is 2.43 bits per heavy atom. The van der Waals surface area contributed by atoms with E-state index in [1.54, 1.807) is 6.07 Å². The molecule has 1 saturated heterocycles. The molecule has 0 amide bonds. The van der Waals surface area contributed by atoms with Crippen LogP contribution in [0.3, 0.4) is 0 Å². The molecule has 0 saturated carbocycles. The highest BCUT2D eigenvalue weighted by Crippen LogP contribution is 2.39. The van der Waals surface area contributed by atoms with Gasteiger partial charge in [-0.1, -0.05) is 26.0 Å². The van der Waals surface area contributed by atoms with Gasteiger partial charge in [-0.05, 0) is 36.8 Å². The van der Waals surface area contributed by atoms with Crippen LogP contribution in [0.1, 0.15) is 43.5 Å². The molecule has 2 rings (SSSR count). The average molecular weight is 311 g/mol. The summed E-state index contributed by atoms with van der Waals surface area (Å²) >= 11 is 0. The van der Waals surface area contributed by atoms with E-state index >= 15 is 0 Å². The van der Waals surface area contributed by atoms with E-state index in [1.165, 1.54) is 22.5 Å². The molecule has 1 aromatic rings. The Morgan fingerprint density at radius 1 is 1.29 bits per heavy atom. The smallest absolute Gasteiger partial charge is 0.337 e. The number of nitrogens with zero attached hydrogens (tertiary/aromatic N) is 1. The van der Waals surface area contributed by atoms with Crippen molar-refractivity contribution in [3.8, 4) is 0 Å². The summed E-state index contributed by atoms with van der Waals surface area (Å²) in [6.07, 6.45) is 2.68. The van der Waals surface area contributed by atoms with Crippen molar-refractivity contribution in [3.63, 3.8) is 0 Å². The van der Waals surface area contributed by atoms with Gasteiger partial charge in [0.1, 0.15) is 0 Å². The van der Waals surface area contributed by atoms with Crippen LogP contribution in [0.4, 0.5) is 0 Å². The molecule has 0 aromatic heterocycles. The highest BCUT2D eigenvalue weighted by molar-refractivity contribution is 7.89. The molecule has 6 heteroatoms. The number of hydrogen-bond acceptors (Lipinski definition) is 3. The second-order valence-corrected chi connectivity index (χ2v) is 7.50. The van der Waals surface area contributed by atoms with Crippen LogP contribution < -0.4 is 0 Å². The van der Waals surface area contributed by atoms with Crippen LogP contribution in [0.15, 0.2) is 29.2 Å². The van der Waals surface area contributed by atoms with Gasteiger partial charge in [0.2, 0.25) is 10.0 Å². The maximum Gasteiger partial charge on any atom is 0.337 e. The van der Waals surface area contributed by atoms with E-state index in [9.17, 15) is 18.3 Å². The fraction of sp³-hybridized carbons (Fsp3) is 0.533. The number of benzene rings is 1. The Kier molecular flexibility index (Phi) is 4.39. The lowest BCUT2D eigenvalue weighted by molar-refractivity contribution is 0.0692. The second kappa shape index (κ2) is 5.77. The molecule has 1 aromatic carbocycles. The minimum Gasteiger partial charge on any atom is -0.478 e. The van der Waals surface area contributed by atoms with Gasteiger partial charge in [0, 0.05) is 13.1 Å². The zero-order valence-electron chi connectivity index (χ0n) is 12.4. The third-order valence-electron chi connectivity index (χ3n) is 4.64. The first-order chi connectivity index (χ1) is 9.86. The van der Waals surface area contributed by atoms with Crippen LogP contribution in [-0.2, 0) is 10.0 Å². The third kappa shape index (κ3) is 2.82. The molecule has 5 nitrogen and oxygen atoms in total. The lowest BCUT2D eigenvalue weighted by Gasteiger charge is -2.26. The highest BCUT2D eigenvalue weighted by atomic mass is 32.2. The molecule has 0 spiro atoms. The summed E-state index contributed by atoms with van der Waals surface area (Å²) in [5.41, 5.74) is -0.145. The number of hydrogen-bond donors (Lipinski definition) is 1. The number of carboxylic acid groups (broad SMARTS) is 1. The Labute approximate surface area is 125 Å². The van der Waals surface area contributed by atoms with Gasteiger partial charge < -0.3 is 5.11 Å². The molecule has 0 bridgehead atoms. The molecule has 1 N–H and O–H groups in total. The second-order valence-electron chi connectivity index (χ2n) is 5.60. The fourth-order valence-corrected chi connectivity index (χ4v) is 4.67. The molecule has 1 fully saturated rings. The Morgan fingerprint density at radius 2 is 1.90 bits per heavy atom. The van der Waals surface area contributed by atoms with Gasteiger partial charge in [0.25, 0.3) is 0 Å². The fourth-order valence-electron chi connectivity index (χ4n) is 2.93. The SMILES string of the molecule is CCC1(CC)CCN(S(=O)(=O)c2ccccc2C(=O)O)C1. The first-order valence-electron chi connectivity index (χ1n) is 7.19. The van der Waals surface area contributed by atoms with Gasteiger partial charge in [0.15, 0.2) is 0 Å². The van der Waals surface area contributed by atoms with Crippen molar-refractivity contribution < 1.29 is 18.3 Å². The molecule has 116 valence electrons. The molecule has 0 unspecified atom stereocenters. The predicted molar refractivity (Wildman–Crippen MR) is 79.8 cm³/mol. The largest absolute Gasteiger partial charge is 0.478 e. The summed E-state index contributed by atoms with van der Waals surface area (Å²) in [6, 6.07) is 5.80. The minimum absolute atomic E-state index is 0.0191. The van der Waals surface area contributed by atoms with E-state index in [0.29, 0.717) is 13.1 Å². The van der Waals surface area contributed by atoms with E-state index in [1.807, 2.05) is 0 Å². The minimum atomic E-state index is -3.75. The quantitative estimate of drug-likeness (QED) is 0.907. The molecule has 1 aliphatic rings. The summed E-state index contributed by atoms with van der Waals surface area (Å²) in [4.78, 5) is 11.1. The lowest BCUT2D eigenvalue weighted by atomic mass is 9.82. The van der Waals surface area contributed by atoms with Crippen LogP contribution in [-0.4, -0.2) is 36.9 Å². The van der Waals surface area contributed by atoms with Crippen molar-refractivity contribution in [1.82, 2.24) is 4.31 Å². The number of aromatic carboxylic acids is 1. The van der Waals surface area contributed by atoms with Crippen LogP contribution in [0.5, 0.6) is 0 Å². The van der Waals surface area contributed by atoms with Crippen molar-refractivity contribution in [2.45, 2.75) is 38.0 Å². The maximum atomic E-state index is 12.7. The Bertz CT molecular complexity index is 635. The molecular formula is C15H21NO4S. The maximum absolute atomic E-state index is 12.7. The predicted octanol–water partition coefficient (Wildman–Crippen LogP) is 2.59. The number of rotatable bonds is 5. The summed E-state index contributed by atoms with van der Waals surface area (Å²) < 4.78 is 26.9. The van der Waals surface area contributed by atoms with Crippen molar-refractivity contribution in [2.75, 3.05) is 13.1 Å². The summed E-state index contributed by atoms with van der Waals surface area (Å²) in [7, 11) is -3.75. The van der Waals surface area contributed by atoms with Gasteiger partial charge >= 0.3 is 5.97 Å². The molecule has 21 heavy (non-hydrogen) atoms. The number of carboxylic acids is 1. The van der Waals surface area contributed by atoms with Crippen molar-refractivity contribution >= 4 is 16.0 Å². The zero-order valence-corrected chi connectivity index (χ0v) is 13.2. The molecular weight excluding hydrogens is 290 g/mol. The van der Waals surface area contributed by atoms with Gasteiger partial charge in [-0.25, -0.2) is 13.2 Å². The first kappa shape index (κ1) is 16.0. The molecule has 0 radical (unpaired) electrons. The normalized spacial score (nSPS) is 18.8. The molecule has 1 heterocycles. The number of sulfonamides is 1. The Balaban J connectivity index is 2.39. The summed E-state index contributed by atoms with van der Waals surface area (Å²) in [5, 5.41) is 9.18. The molecule has 0 atom stereocenters. The van der Waals surface area contributed by atoms with Gasteiger partial charge in [-0.15, -0.1) is 0 Å². The standard InChI is InChI=1S/C15H21NO4S/c1-3-15(4-2)9-10-16(11-15)21(19,20)13-8-6-5-7-12(13)14(17)18/h5-8H,3-4,9-11H2,1-2H3,(H,17,18). The molecule has 1 aliphatic heterocycles. The third-order valence-corrected chi connectivity index (χ3v) is 6.54. The van der Waals surface area contributed by atoms with Crippen LogP contribution in [0.25, 0.3) is 0 Å². The highest BCUT2D eigenvalue weighted by Gasteiger charge is 2.41. The lowest BCUT2D eigenvalue weighted by Crippen LogP contribution is -2.32. The van der Waals surface area contributed by atoms with E-state index in [4.69, 9.17) is 0 Å². The monoisotopic (exact) mass is 311 g/mol.